The Morgan fingerprint density at radius 1 is 0.970 bits per heavy atom. The normalized spacial score (nSPS) is 16.5. The number of ketones is 1. The molecule has 174 valence electrons. The molecular formula is C22H25N5O5S. The van der Waals surface area contributed by atoms with Gasteiger partial charge in [0.1, 0.15) is 0 Å². The zero-order chi connectivity index (χ0) is 23.8. The third-order valence-corrected chi connectivity index (χ3v) is 7.80. The molecule has 3 N–H and O–H groups in total. The van der Waals surface area contributed by atoms with Crippen molar-refractivity contribution < 1.29 is 18.0 Å². The number of aromatic amines is 2. The molecule has 2 aromatic carbocycles. The van der Waals surface area contributed by atoms with E-state index in [2.05, 4.69) is 15.3 Å². The largest absolute Gasteiger partial charge is 0.325 e. The van der Waals surface area contributed by atoms with Gasteiger partial charge in [-0.15, -0.1) is 0 Å². The molecule has 10 nitrogen and oxygen atoms in total. The summed E-state index contributed by atoms with van der Waals surface area (Å²) in [4.78, 5) is 42.9. The van der Waals surface area contributed by atoms with Gasteiger partial charge in [-0.1, -0.05) is 12.1 Å². The van der Waals surface area contributed by atoms with Crippen molar-refractivity contribution in [1.29, 1.82) is 0 Å². The Labute approximate surface area is 190 Å². The fraction of sp³-hybridized carbons (Fsp3) is 0.318. The van der Waals surface area contributed by atoms with Crippen molar-refractivity contribution in [1.82, 2.24) is 19.2 Å². The van der Waals surface area contributed by atoms with Gasteiger partial charge < -0.3 is 15.3 Å². The summed E-state index contributed by atoms with van der Waals surface area (Å²) in [5.41, 5.74) is 1.95. The Kier molecular flexibility index (Phi) is 6.19. The molecule has 1 unspecified atom stereocenters. The van der Waals surface area contributed by atoms with Crippen LogP contribution in [0.15, 0.2) is 52.2 Å². The number of amides is 1. The van der Waals surface area contributed by atoms with E-state index in [4.69, 9.17) is 0 Å². The first kappa shape index (κ1) is 22.9. The van der Waals surface area contributed by atoms with Crippen LogP contribution in [0.4, 0.5) is 5.69 Å². The molecule has 0 spiro atoms. The molecule has 11 heteroatoms. The van der Waals surface area contributed by atoms with Crippen molar-refractivity contribution in [3.8, 4) is 0 Å². The van der Waals surface area contributed by atoms with Gasteiger partial charge in [0, 0.05) is 37.4 Å². The molecule has 1 saturated heterocycles. The average molecular weight is 472 g/mol. The molecule has 1 aliphatic rings. The van der Waals surface area contributed by atoms with E-state index in [-0.39, 0.29) is 35.4 Å². The quantitative estimate of drug-likeness (QED) is 0.465. The van der Waals surface area contributed by atoms with Crippen molar-refractivity contribution in [2.45, 2.75) is 24.8 Å². The molecule has 1 aromatic heterocycles. The maximum absolute atomic E-state index is 12.9. The SMILES string of the molecule is CC(=O)c1ccc(S(=O)(=O)N2CCN(C(C)C(=O)Nc3ccc4[nH]c(=O)[nH]c4c3)CC2)cc1. The Morgan fingerprint density at radius 2 is 1.61 bits per heavy atom. The summed E-state index contributed by atoms with van der Waals surface area (Å²) in [6.07, 6.45) is 0. The molecule has 2 heterocycles. The predicted octanol–water partition coefficient (Wildman–Crippen LogP) is 1.39. The van der Waals surface area contributed by atoms with E-state index in [1.807, 2.05) is 4.90 Å². The minimum absolute atomic E-state index is 0.124. The van der Waals surface area contributed by atoms with E-state index in [1.165, 1.54) is 35.5 Å². The number of aromatic nitrogens is 2. The number of piperazine rings is 1. The number of carbonyl (C=O) groups is 2. The first-order valence-corrected chi connectivity index (χ1v) is 12.0. The fourth-order valence-corrected chi connectivity index (χ4v) is 5.29. The number of imidazole rings is 1. The third-order valence-electron chi connectivity index (χ3n) is 5.88. The Morgan fingerprint density at radius 3 is 2.24 bits per heavy atom. The molecule has 1 aliphatic heterocycles. The topological polar surface area (TPSA) is 135 Å². The number of hydrogen-bond donors (Lipinski definition) is 3. The summed E-state index contributed by atoms with van der Waals surface area (Å²) in [7, 11) is -3.68. The van der Waals surface area contributed by atoms with Crippen molar-refractivity contribution in [3.63, 3.8) is 0 Å². The molecule has 0 bridgehead atoms. The zero-order valence-electron chi connectivity index (χ0n) is 18.3. The first-order valence-electron chi connectivity index (χ1n) is 10.5. The molecule has 0 saturated carbocycles. The minimum Gasteiger partial charge on any atom is -0.325 e. The van der Waals surface area contributed by atoms with E-state index in [0.29, 0.717) is 35.4 Å². The first-order chi connectivity index (χ1) is 15.6. The number of nitrogens with one attached hydrogen (secondary N) is 3. The van der Waals surface area contributed by atoms with Gasteiger partial charge in [0.2, 0.25) is 15.9 Å². The van der Waals surface area contributed by atoms with E-state index < -0.39 is 16.1 Å². The van der Waals surface area contributed by atoms with Crippen molar-refractivity contribution >= 4 is 38.4 Å². The molecule has 4 rings (SSSR count). The second-order valence-electron chi connectivity index (χ2n) is 8.03. The van der Waals surface area contributed by atoms with Gasteiger partial charge in [-0.3, -0.25) is 14.5 Å². The number of Topliss-reactive ketones (excluding diaryl/α,β-unsaturated/α-hetero) is 1. The molecule has 0 aliphatic carbocycles. The monoisotopic (exact) mass is 471 g/mol. The molecule has 1 fully saturated rings. The van der Waals surface area contributed by atoms with E-state index in [9.17, 15) is 22.8 Å². The summed E-state index contributed by atoms with van der Waals surface area (Å²) < 4.78 is 27.3. The molecule has 3 aromatic rings. The van der Waals surface area contributed by atoms with Gasteiger partial charge in [0.25, 0.3) is 0 Å². The summed E-state index contributed by atoms with van der Waals surface area (Å²) in [6, 6.07) is 10.5. The average Bonchev–Trinajstić information content (AvgIpc) is 3.18. The number of anilines is 1. The van der Waals surface area contributed by atoms with Crippen LogP contribution in [0.5, 0.6) is 0 Å². The van der Waals surface area contributed by atoms with Crippen LogP contribution in [0.25, 0.3) is 11.0 Å². The maximum atomic E-state index is 12.9. The number of H-pyrrole nitrogens is 2. The van der Waals surface area contributed by atoms with Crippen LogP contribution in [-0.4, -0.2) is 71.5 Å². The third kappa shape index (κ3) is 4.75. The molecule has 0 radical (unpaired) electrons. The number of carbonyl (C=O) groups excluding carboxylic acids is 2. The fourth-order valence-electron chi connectivity index (χ4n) is 3.86. The highest BCUT2D eigenvalue weighted by Crippen LogP contribution is 2.20. The van der Waals surface area contributed by atoms with Gasteiger partial charge in [0.05, 0.1) is 22.0 Å². The van der Waals surface area contributed by atoms with Crippen LogP contribution in [-0.2, 0) is 14.8 Å². The van der Waals surface area contributed by atoms with Gasteiger partial charge in [0.15, 0.2) is 5.78 Å². The predicted molar refractivity (Wildman–Crippen MR) is 124 cm³/mol. The van der Waals surface area contributed by atoms with E-state index in [0.717, 1.165) is 0 Å². The number of benzene rings is 2. The van der Waals surface area contributed by atoms with Crippen LogP contribution in [0.1, 0.15) is 24.2 Å². The highest BCUT2D eigenvalue weighted by molar-refractivity contribution is 7.89. The smallest absolute Gasteiger partial charge is 0.323 e. The Bertz CT molecular complexity index is 1350. The second-order valence-corrected chi connectivity index (χ2v) is 9.96. The van der Waals surface area contributed by atoms with E-state index >= 15 is 0 Å². The highest BCUT2D eigenvalue weighted by atomic mass is 32.2. The summed E-state index contributed by atoms with van der Waals surface area (Å²) in [5, 5.41) is 2.85. The van der Waals surface area contributed by atoms with Crippen LogP contribution in [0, 0.1) is 0 Å². The Hall–Kier alpha value is -3.28. The lowest BCUT2D eigenvalue weighted by Crippen LogP contribution is -2.53. The number of hydrogen-bond acceptors (Lipinski definition) is 6. The van der Waals surface area contributed by atoms with Gasteiger partial charge in [-0.05, 0) is 44.2 Å². The van der Waals surface area contributed by atoms with Crippen LogP contribution in [0.2, 0.25) is 0 Å². The number of rotatable bonds is 6. The summed E-state index contributed by atoms with van der Waals surface area (Å²) >= 11 is 0. The number of sulfonamides is 1. The van der Waals surface area contributed by atoms with Gasteiger partial charge in [-0.25, -0.2) is 13.2 Å². The highest BCUT2D eigenvalue weighted by Gasteiger charge is 2.32. The summed E-state index contributed by atoms with van der Waals surface area (Å²) in [5.74, 6) is -0.343. The van der Waals surface area contributed by atoms with E-state index in [1.54, 1.807) is 25.1 Å². The Balaban J connectivity index is 1.37. The standard InChI is InChI=1S/C22H25N5O5S/c1-14(21(29)23-17-5-8-19-20(13-17)25-22(30)24-19)26-9-11-27(12-10-26)33(31,32)18-6-3-16(4-7-18)15(2)28/h3-8,13-14H,9-12H2,1-2H3,(H,23,29)(H2,24,25,30). The zero-order valence-corrected chi connectivity index (χ0v) is 19.1. The molecule has 1 atom stereocenters. The molecular weight excluding hydrogens is 446 g/mol. The number of nitrogens with zero attached hydrogens (tertiary/aromatic N) is 2. The van der Waals surface area contributed by atoms with Crippen molar-refractivity contribution in [2.24, 2.45) is 0 Å². The molecule has 1 amide bonds. The second kappa shape index (κ2) is 8.93. The molecule has 33 heavy (non-hydrogen) atoms. The van der Waals surface area contributed by atoms with Crippen LogP contribution < -0.4 is 11.0 Å². The van der Waals surface area contributed by atoms with Gasteiger partial charge >= 0.3 is 5.69 Å². The lowest BCUT2D eigenvalue weighted by molar-refractivity contribution is -0.121. The van der Waals surface area contributed by atoms with Crippen LogP contribution in [0.3, 0.4) is 0 Å². The van der Waals surface area contributed by atoms with Crippen molar-refractivity contribution in [2.75, 3.05) is 31.5 Å². The lowest BCUT2D eigenvalue weighted by Gasteiger charge is -2.36. The maximum Gasteiger partial charge on any atom is 0.323 e. The number of fused-ring (bicyclic) bond motifs is 1. The summed E-state index contributed by atoms with van der Waals surface area (Å²) in [6.45, 7) is 4.53. The minimum atomic E-state index is -3.68. The van der Waals surface area contributed by atoms with Gasteiger partial charge in [-0.2, -0.15) is 4.31 Å². The van der Waals surface area contributed by atoms with Crippen molar-refractivity contribution in [3.05, 3.63) is 58.5 Å². The lowest BCUT2D eigenvalue weighted by atomic mass is 10.2. The van der Waals surface area contributed by atoms with Crippen LogP contribution >= 0.6 is 0 Å².